The van der Waals surface area contributed by atoms with Crippen LogP contribution in [0, 0.1) is 59.2 Å². The lowest BCUT2D eigenvalue weighted by Gasteiger charge is -2.36. The molecular weight excluding hydrogens is 268 g/mol. The van der Waals surface area contributed by atoms with Crippen LogP contribution in [0.3, 0.4) is 0 Å². The van der Waals surface area contributed by atoms with E-state index in [-0.39, 0.29) is 17.9 Å². The fourth-order valence-electron chi connectivity index (χ4n) is 8.18. The zero-order chi connectivity index (χ0) is 14.3. The SMILES string of the molecule is CC1(C)OC(=O)C(C2C3C4CC5C3[C@H]3C[C@@H]5C4C23)C(=O)O1. The number of esters is 2. The molecule has 6 aliphatic carbocycles. The molecule has 6 bridgehead atoms. The predicted octanol–water partition coefficient (Wildman–Crippen LogP) is 1.83. The average Bonchev–Trinajstić information content (AvgIpc) is 3.02. The standard InChI is InChI=1S/C17H20O4/c1-17(2)20-15(18)14(16(19)21-17)13-11-7-3-5-6-4-8(9(5)11)12(13)10(6)7/h5-14H,3-4H2,1-2H3/t5-,6?,7+,8?,9?,10?,11?,12?,13?/m0/s1. The average molecular weight is 288 g/mol. The predicted molar refractivity (Wildman–Crippen MR) is 70.4 cm³/mol. The first-order valence-corrected chi connectivity index (χ1v) is 8.44. The molecule has 4 heteroatoms. The Morgan fingerprint density at radius 2 is 1.24 bits per heavy atom. The van der Waals surface area contributed by atoms with Gasteiger partial charge >= 0.3 is 11.9 Å². The molecule has 7 aliphatic rings. The van der Waals surface area contributed by atoms with Crippen molar-refractivity contribution in [1.29, 1.82) is 0 Å². The van der Waals surface area contributed by atoms with Gasteiger partial charge in [0.2, 0.25) is 0 Å². The van der Waals surface area contributed by atoms with Crippen molar-refractivity contribution in [2.75, 3.05) is 0 Å². The fourth-order valence-corrected chi connectivity index (χ4v) is 8.18. The van der Waals surface area contributed by atoms with E-state index in [1.165, 1.54) is 12.8 Å². The molecule has 0 aromatic carbocycles. The Bertz CT molecular complexity index is 548. The smallest absolute Gasteiger partial charge is 0.323 e. The van der Waals surface area contributed by atoms with Gasteiger partial charge in [0, 0.05) is 13.8 Å². The van der Waals surface area contributed by atoms with Gasteiger partial charge in [-0.25, -0.2) is 0 Å². The van der Waals surface area contributed by atoms with Crippen LogP contribution in [0.15, 0.2) is 0 Å². The van der Waals surface area contributed by atoms with Crippen molar-refractivity contribution in [3.8, 4) is 0 Å². The lowest BCUT2D eigenvalue weighted by atomic mass is 9.71. The van der Waals surface area contributed by atoms with Gasteiger partial charge in [-0.1, -0.05) is 0 Å². The van der Waals surface area contributed by atoms with E-state index in [4.69, 9.17) is 9.47 Å². The molecule has 0 amide bonds. The normalized spacial score (nSPS) is 61.1. The second-order valence-electron chi connectivity index (χ2n) is 8.73. The second-order valence-corrected chi connectivity index (χ2v) is 8.73. The van der Waals surface area contributed by atoms with Gasteiger partial charge in [-0.2, -0.15) is 0 Å². The first kappa shape index (κ1) is 11.5. The molecule has 1 saturated heterocycles. The fraction of sp³-hybridized carbons (Fsp3) is 0.882. The highest BCUT2D eigenvalue weighted by Gasteiger charge is 2.81. The first-order valence-electron chi connectivity index (χ1n) is 8.44. The van der Waals surface area contributed by atoms with Gasteiger partial charge in [0.25, 0.3) is 5.79 Å². The molecule has 21 heavy (non-hydrogen) atoms. The van der Waals surface area contributed by atoms with Crippen molar-refractivity contribution in [1.82, 2.24) is 0 Å². The maximum Gasteiger partial charge on any atom is 0.323 e. The molecule has 7 unspecified atom stereocenters. The summed E-state index contributed by atoms with van der Waals surface area (Å²) in [4.78, 5) is 25.0. The minimum Gasteiger partial charge on any atom is -0.422 e. The Morgan fingerprint density at radius 1 is 0.762 bits per heavy atom. The van der Waals surface area contributed by atoms with Crippen molar-refractivity contribution >= 4 is 11.9 Å². The third kappa shape index (κ3) is 1.02. The summed E-state index contributed by atoms with van der Waals surface area (Å²) >= 11 is 0. The van der Waals surface area contributed by atoms with Crippen LogP contribution in [0.2, 0.25) is 0 Å². The van der Waals surface area contributed by atoms with E-state index < -0.39 is 11.7 Å². The molecule has 1 aliphatic heterocycles. The first-order chi connectivity index (χ1) is 9.98. The summed E-state index contributed by atoms with van der Waals surface area (Å²) in [5.74, 6) is 4.14. The number of carbonyl (C=O) groups excluding carboxylic acids is 2. The van der Waals surface area contributed by atoms with Crippen LogP contribution >= 0.6 is 0 Å². The summed E-state index contributed by atoms with van der Waals surface area (Å²) in [6.07, 6.45) is 2.74. The highest BCUT2D eigenvalue weighted by Crippen LogP contribution is 2.85. The van der Waals surface area contributed by atoms with Crippen LogP contribution in [0.1, 0.15) is 26.7 Å². The summed E-state index contributed by atoms with van der Waals surface area (Å²) < 4.78 is 10.8. The Kier molecular flexibility index (Phi) is 1.65. The lowest BCUT2D eigenvalue weighted by molar-refractivity contribution is -0.243. The van der Waals surface area contributed by atoms with E-state index in [2.05, 4.69) is 0 Å². The van der Waals surface area contributed by atoms with Crippen LogP contribution in [-0.4, -0.2) is 17.7 Å². The van der Waals surface area contributed by atoms with Crippen LogP contribution < -0.4 is 0 Å². The minimum atomic E-state index is -1.09. The van der Waals surface area contributed by atoms with E-state index in [1.807, 2.05) is 0 Å². The van der Waals surface area contributed by atoms with Crippen LogP contribution in [0.25, 0.3) is 0 Å². The highest BCUT2D eigenvalue weighted by atomic mass is 16.7. The molecule has 6 saturated carbocycles. The van der Waals surface area contributed by atoms with Crippen LogP contribution in [-0.2, 0) is 19.1 Å². The zero-order valence-electron chi connectivity index (χ0n) is 12.3. The molecule has 0 N–H and O–H groups in total. The lowest BCUT2D eigenvalue weighted by Crippen LogP contribution is -2.49. The second kappa shape index (κ2) is 3.02. The van der Waals surface area contributed by atoms with Crippen molar-refractivity contribution < 1.29 is 19.1 Å². The van der Waals surface area contributed by atoms with E-state index in [1.54, 1.807) is 13.8 Å². The Morgan fingerprint density at radius 3 is 1.71 bits per heavy atom. The number of ether oxygens (including phenoxy) is 2. The quantitative estimate of drug-likeness (QED) is 0.545. The molecule has 112 valence electrons. The largest absolute Gasteiger partial charge is 0.422 e. The third-order valence-corrected chi connectivity index (χ3v) is 7.97. The zero-order valence-corrected chi connectivity index (χ0v) is 12.3. The van der Waals surface area contributed by atoms with Gasteiger partial charge in [-0.05, 0) is 66.1 Å². The van der Waals surface area contributed by atoms with E-state index in [9.17, 15) is 9.59 Å². The minimum absolute atomic E-state index is 0.226. The van der Waals surface area contributed by atoms with Gasteiger partial charge < -0.3 is 9.47 Å². The summed E-state index contributed by atoms with van der Waals surface area (Å²) in [5.41, 5.74) is 0. The molecule has 7 fully saturated rings. The molecule has 0 radical (unpaired) electrons. The van der Waals surface area contributed by atoms with E-state index >= 15 is 0 Å². The van der Waals surface area contributed by atoms with E-state index in [0.29, 0.717) is 11.8 Å². The van der Waals surface area contributed by atoms with Gasteiger partial charge in [-0.3, -0.25) is 9.59 Å². The number of cyclic esters (lactones) is 2. The number of hydrogen-bond acceptors (Lipinski definition) is 4. The Hall–Kier alpha value is -1.06. The van der Waals surface area contributed by atoms with Crippen LogP contribution in [0.5, 0.6) is 0 Å². The number of carbonyl (C=O) groups is 2. The van der Waals surface area contributed by atoms with Gasteiger partial charge in [0.1, 0.15) is 0 Å². The summed E-state index contributed by atoms with van der Waals surface area (Å²) in [6, 6.07) is 0. The molecule has 0 spiro atoms. The van der Waals surface area contributed by atoms with Crippen LogP contribution in [0.4, 0.5) is 0 Å². The Balaban J connectivity index is 1.42. The van der Waals surface area contributed by atoms with Gasteiger partial charge in [0.15, 0.2) is 5.92 Å². The van der Waals surface area contributed by atoms with E-state index in [0.717, 1.165) is 35.5 Å². The molecule has 4 nitrogen and oxygen atoms in total. The molecule has 9 atom stereocenters. The third-order valence-electron chi connectivity index (χ3n) is 7.97. The summed E-state index contributed by atoms with van der Waals surface area (Å²) in [6.45, 7) is 3.28. The topological polar surface area (TPSA) is 52.6 Å². The molecule has 7 rings (SSSR count). The molecule has 0 aromatic heterocycles. The van der Waals surface area contributed by atoms with Gasteiger partial charge in [-0.15, -0.1) is 0 Å². The summed E-state index contributed by atoms with van der Waals surface area (Å²) in [5, 5.41) is 0. The summed E-state index contributed by atoms with van der Waals surface area (Å²) in [7, 11) is 0. The number of hydrogen-bond donors (Lipinski definition) is 0. The Labute approximate surface area is 123 Å². The van der Waals surface area contributed by atoms with Crippen molar-refractivity contribution in [2.45, 2.75) is 32.5 Å². The maximum absolute atomic E-state index is 12.5. The van der Waals surface area contributed by atoms with Crippen molar-refractivity contribution in [3.63, 3.8) is 0 Å². The molecule has 0 aromatic rings. The maximum atomic E-state index is 12.5. The molecule has 1 heterocycles. The van der Waals surface area contributed by atoms with Crippen molar-refractivity contribution in [2.24, 2.45) is 59.2 Å². The van der Waals surface area contributed by atoms with Crippen molar-refractivity contribution in [3.05, 3.63) is 0 Å². The highest BCUT2D eigenvalue weighted by molar-refractivity contribution is 5.97. The number of rotatable bonds is 1. The molecular formula is C17H20O4. The monoisotopic (exact) mass is 288 g/mol. The van der Waals surface area contributed by atoms with Gasteiger partial charge in [0.05, 0.1) is 0 Å².